The molecule has 0 radical (unpaired) electrons. The number of piperidine rings is 1. The zero-order chi connectivity index (χ0) is 14.8. The molecule has 5 nitrogen and oxygen atoms in total. The average Bonchev–Trinajstić information content (AvgIpc) is 2.96. The molecule has 2 aromatic rings. The summed E-state index contributed by atoms with van der Waals surface area (Å²) in [7, 11) is 0. The van der Waals surface area contributed by atoms with Crippen LogP contribution < -0.4 is 5.56 Å². The van der Waals surface area contributed by atoms with Crippen molar-refractivity contribution in [3.05, 3.63) is 28.1 Å². The molecule has 0 aromatic carbocycles. The van der Waals surface area contributed by atoms with Crippen LogP contribution in [0.1, 0.15) is 26.2 Å². The minimum atomic E-state index is -0.320. The molecule has 3 rings (SSSR count). The molecule has 0 spiro atoms. The molecule has 3 heterocycles. The Morgan fingerprint density at radius 2 is 2.33 bits per heavy atom. The first-order chi connectivity index (χ1) is 10.2. The first-order valence-corrected chi connectivity index (χ1v) is 8.39. The fraction of sp³-hybridized carbons (Fsp3) is 0.600. The Kier molecular flexibility index (Phi) is 4.37. The van der Waals surface area contributed by atoms with Crippen molar-refractivity contribution >= 4 is 21.6 Å². The van der Waals surface area contributed by atoms with Gasteiger partial charge in [0.15, 0.2) is 0 Å². The number of aliphatic hydroxyl groups excluding tert-OH is 1. The van der Waals surface area contributed by atoms with E-state index in [4.69, 9.17) is 0 Å². The van der Waals surface area contributed by atoms with E-state index in [1.807, 2.05) is 18.4 Å². The van der Waals surface area contributed by atoms with Gasteiger partial charge in [-0.25, -0.2) is 4.98 Å². The number of rotatable bonds is 4. The lowest BCUT2D eigenvalue weighted by Crippen LogP contribution is -2.47. The molecular formula is C15H21N3O2S. The van der Waals surface area contributed by atoms with E-state index < -0.39 is 0 Å². The topological polar surface area (TPSA) is 58.4 Å². The van der Waals surface area contributed by atoms with Crippen molar-refractivity contribution in [2.75, 3.05) is 13.1 Å². The summed E-state index contributed by atoms with van der Waals surface area (Å²) in [5.41, 5.74) is 0.821. The van der Waals surface area contributed by atoms with Crippen LogP contribution in [0.25, 0.3) is 10.2 Å². The van der Waals surface area contributed by atoms with Crippen molar-refractivity contribution in [3.63, 3.8) is 0 Å². The smallest absolute Gasteiger partial charge is 0.271 e. The van der Waals surface area contributed by atoms with Gasteiger partial charge in [-0.05, 0) is 37.8 Å². The minimum absolute atomic E-state index is 0.0422. The lowest BCUT2D eigenvalue weighted by molar-refractivity contribution is 0.0344. The van der Waals surface area contributed by atoms with Gasteiger partial charge in [-0.15, -0.1) is 11.3 Å². The number of thiophene rings is 1. The molecule has 21 heavy (non-hydrogen) atoms. The number of aromatic nitrogens is 2. The van der Waals surface area contributed by atoms with Crippen LogP contribution in [0.15, 0.2) is 22.6 Å². The summed E-state index contributed by atoms with van der Waals surface area (Å²) >= 11 is 1.45. The molecule has 1 fully saturated rings. The predicted octanol–water partition coefficient (Wildman–Crippen LogP) is 1.69. The third kappa shape index (κ3) is 3.02. The van der Waals surface area contributed by atoms with Gasteiger partial charge in [0.25, 0.3) is 5.56 Å². The standard InChI is InChI=1S/C15H21N3O2S/c1-11(19)13-4-2-3-6-17(13)7-8-18-10-16-12-5-9-21-14(12)15(18)20/h5,9-11,13,19H,2-4,6-8H2,1H3. The van der Waals surface area contributed by atoms with Crippen molar-refractivity contribution in [3.8, 4) is 0 Å². The Morgan fingerprint density at radius 1 is 1.48 bits per heavy atom. The first kappa shape index (κ1) is 14.7. The Bertz CT molecular complexity index is 664. The zero-order valence-corrected chi connectivity index (χ0v) is 13.1. The van der Waals surface area contributed by atoms with Gasteiger partial charge in [-0.3, -0.25) is 14.3 Å². The van der Waals surface area contributed by atoms with E-state index in [1.165, 1.54) is 24.2 Å². The van der Waals surface area contributed by atoms with Gasteiger partial charge in [-0.2, -0.15) is 0 Å². The van der Waals surface area contributed by atoms with Gasteiger partial charge in [0.1, 0.15) is 4.70 Å². The maximum Gasteiger partial charge on any atom is 0.271 e. The predicted molar refractivity (Wildman–Crippen MR) is 84.8 cm³/mol. The van der Waals surface area contributed by atoms with Gasteiger partial charge < -0.3 is 5.11 Å². The minimum Gasteiger partial charge on any atom is -0.392 e. The fourth-order valence-corrected chi connectivity index (χ4v) is 3.91. The van der Waals surface area contributed by atoms with Gasteiger partial charge in [0.2, 0.25) is 0 Å². The third-order valence-corrected chi connectivity index (χ3v) is 5.18. The highest BCUT2D eigenvalue weighted by atomic mass is 32.1. The monoisotopic (exact) mass is 307 g/mol. The van der Waals surface area contributed by atoms with Crippen LogP contribution in [0.4, 0.5) is 0 Å². The number of hydrogen-bond donors (Lipinski definition) is 1. The lowest BCUT2D eigenvalue weighted by atomic mass is 9.98. The molecule has 0 aliphatic carbocycles. The van der Waals surface area contributed by atoms with Crippen LogP contribution >= 0.6 is 11.3 Å². The highest BCUT2D eigenvalue weighted by Crippen LogP contribution is 2.19. The Hall–Kier alpha value is -1.24. The maximum absolute atomic E-state index is 12.3. The number of hydrogen-bond acceptors (Lipinski definition) is 5. The van der Waals surface area contributed by atoms with Crippen molar-refractivity contribution < 1.29 is 5.11 Å². The molecule has 2 atom stereocenters. The first-order valence-electron chi connectivity index (χ1n) is 7.51. The number of aliphatic hydroxyl groups is 1. The third-order valence-electron chi connectivity index (χ3n) is 4.28. The van der Waals surface area contributed by atoms with Crippen molar-refractivity contribution in [2.45, 2.75) is 44.9 Å². The summed E-state index contributed by atoms with van der Waals surface area (Å²) in [6.45, 7) is 4.27. The van der Waals surface area contributed by atoms with E-state index in [2.05, 4.69) is 9.88 Å². The zero-order valence-electron chi connectivity index (χ0n) is 12.2. The molecule has 1 aliphatic rings. The molecule has 114 valence electrons. The van der Waals surface area contributed by atoms with Crippen molar-refractivity contribution in [1.82, 2.24) is 14.5 Å². The van der Waals surface area contributed by atoms with Gasteiger partial charge >= 0.3 is 0 Å². The summed E-state index contributed by atoms with van der Waals surface area (Å²) in [6, 6.07) is 2.09. The number of nitrogens with zero attached hydrogens (tertiary/aromatic N) is 3. The molecular weight excluding hydrogens is 286 g/mol. The van der Waals surface area contributed by atoms with E-state index in [-0.39, 0.29) is 17.7 Å². The Balaban J connectivity index is 1.73. The summed E-state index contributed by atoms with van der Waals surface area (Å²) in [6.07, 6.45) is 4.70. The van der Waals surface area contributed by atoms with Gasteiger partial charge in [0, 0.05) is 19.1 Å². The maximum atomic E-state index is 12.3. The van der Waals surface area contributed by atoms with Gasteiger partial charge in [-0.1, -0.05) is 6.42 Å². The molecule has 6 heteroatoms. The molecule has 1 saturated heterocycles. The van der Waals surface area contributed by atoms with Crippen molar-refractivity contribution in [1.29, 1.82) is 0 Å². The summed E-state index contributed by atoms with van der Waals surface area (Å²) in [5, 5.41) is 11.8. The second kappa shape index (κ2) is 6.25. The highest BCUT2D eigenvalue weighted by molar-refractivity contribution is 7.17. The second-order valence-corrected chi connectivity index (χ2v) is 6.63. The van der Waals surface area contributed by atoms with E-state index in [0.29, 0.717) is 6.54 Å². The molecule has 1 N–H and O–H groups in total. The lowest BCUT2D eigenvalue weighted by Gasteiger charge is -2.37. The summed E-state index contributed by atoms with van der Waals surface area (Å²) < 4.78 is 2.41. The number of fused-ring (bicyclic) bond motifs is 1. The van der Waals surface area contributed by atoms with Crippen LogP contribution in [-0.2, 0) is 6.54 Å². The van der Waals surface area contributed by atoms with Crippen LogP contribution in [0.5, 0.6) is 0 Å². The SMILES string of the molecule is CC(O)C1CCCCN1CCn1cnc2ccsc2c1=O. The van der Waals surface area contributed by atoms with Crippen LogP contribution in [-0.4, -0.2) is 44.8 Å². The normalized spacial score (nSPS) is 21.7. The van der Waals surface area contributed by atoms with Gasteiger partial charge in [0.05, 0.1) is 17.9 Å². The summed E-state index contributed by atoms with van der Waals surface area (Å²) in [4.78, 5) is 19.0. The van der Waals surface area contributed by atoms with Crippen LogP contribution in [0.3, 0.4) is 0 Å². The highest BCUT2D eigenvalue weighted by Gasteiger charge is 2.25. The van der Waals surface area contributed by atoms with Crippen LogP contribution in [0, 0.1) is 0 Å². The summed E-state index contributed by atoms with van der Waals surface area (Å²) in [5.74, 6) is 0. The molecule has 0 saturated carbocycles. The van der Waals surface area contributed by atoms with E-state index >= 15 is 0 Å². The molecule has 2 unspecified atom stereocenters. The van der Waals surface area contributed by atoms with E-state index in [0.717, 1.165) is 29.7 Å². The molecule has 2 aromatic heterocycles. The quantitative estimate of drug-likeness (QED) is 0.934. The van der Waals surface area contributed by atoms with E-state index in [9.17, 15) is 9.90 Å². The Morgan fingerprint density at radius 3 is 3.14 bits per heavy atom. The fourth-order valence-electron chi connectivity index (χ4n) is 3.12. The Labute approximate surface area is 127 Å². The van der Waals surface area contributed by atoms with Crippen molar-refractivity contribution in [2.24, 2.45) is 0 Å². The molecule has 0 bridgehead atoms. The van der Waals surface area contributed by atoms with E-state index in [1.54, 1.807) is 10.9 Å². The number of likely N-dealkylation sites (tertiary alicyclic amines) is 1. The van der Waals surface area contributed by atoms with Crippen LogP contribution in [0.2, 0.25) is 0 Å². The molecule has 1 aliphatic heterocycles. The second-order valence-electron chi connectivity index (χ2n) is 5.72. The molecule has 0 amide bonds. The largest absolute Gasteiger partial charge is 0.392 e. The average molecular weight is 307 g/mol.